The van der Waals surface area contributed by atoms with Crippen LogP contribution in [0.25, 0.3) is 0 Å². The van der Waals surface area contributed by atoms with E-state index in [4.69, 9.17) is 4.74 Å². The smallest absolute Gasteiger partial charge is 0.0791 e. The van der Waals surface area contributed by atoms with Crippen LogP contribution in [-0.4, -0.2) is 62.0 Å². The Kier molecular flexibility index (Phi) is 5.22. The molecule has 4 nitrogen and oxygen atoms in total. The maximum absolute atomic E-state index is 9.92. The molecule has 1 aliphatic heterocycles. The largest absolute Gasteiger partial charge is 0.390 e. The van der Waals surface area contributed by atoms with E-state index in [1.807, 2.05) is 0 Å². The summed E-state index contributed by atoms with van der Waals surface area (Å²) < 4.78 is 5.19. The Hall–Kier alpha value is -0.160. The predicted octanol–water partition coefficient (Wildman–Crippen LogP) is 0.458. The number of nitrogens with one attached hydrogen (secondary N) is 1. The van der Waals surface area contributed by atoms with Gasteiger partial charge in [0.25, 0.3) is 0 Å². The van der Waals surface area contributed by atoms with E-state index in [1.54, 1.807) is 7.11 Å². The van der Waals surface area contributed by atoms with Gasteiger partial charge in [-0.1, -0.05) is 0 Å². The molecule has 0 amide bonds. The molecule has 2 rings (SSSR count). The number of ether oxygens (including phenoxy) is 1. The van der Waals surface area contributed by atoms with Crippen molar-refractivity contribution in [3.63, 3.8) is 0 Å². The van der Waals surface area contributed by atoms with Gasteiger partial charge in [0.2, 0.25) is 0 Å². The van der Waals surface area contributed by atoms with Crippen molar-refractivity contribution in [3.05, 3.63) is 0 Å². The van der Waals surface area contributed by atoms with E-state index in [0.29, 0.717) is 6.04 Å². The summed E-state index contributed by atoms with van der Waals surface area (Å²) in [6.07, 6.45) is 4.77. The number of aliphatic hydroxyl groups excluding tert-OH is 1. The first-order chi connectivity index (χ1) is 8.28. The molecule has 4 heteroatoms. The zero-order valence-corrected chi connectivity index (χ0v) is 10.9. The first kappa shape index (κ1) is 13.3. The number of methoxy groups -OCH3 is 1. The SMILES string of the molecule is COCC1CCN(CC(O)CNC2CC2)CC1. The van der Waals surface area contributed by atoms with Crippen LogP contribution < -0.4 is 5.32 Å². The zero-order valence-electron chi connectivity index (χ0n) is 10.9. The van der Waals surface area contributed by atoms with Gasteiger partial charge in [0.1, 0.15) is 0 Å². The first-order valence-electron chi connectivity index (χ1n) is 6.90. The van der Waals surface area contributed by atoms with Gasteiger partial charge in [0.05, 0.1) is 6.10 Å². The number of aliphatic hydroxyl groups is 1. The first-order valence-corrected chi connectivity index (χ1v) is 6.90. The summed E-state index contributed by atoms with van der Waals surface area (Å²) in [7, 11) is 1.78. The lowest BCUT2D eigenvalue weighted by Crippen LogP contribution is -2.43. The lowest BCUT2D eigenvalue weighted by molar-refractivity contribution is 0.0656. The maximum Gasteiger partial charge on any atom is 0.0791 e. The molecule has 0 radical (unpaired) electrons. The second-order valence-corrected chi connectivity index (χ2v) is 5.54. The van der Waals surface area contributed by atoms with Gasteiger partial charge in [-0.3, -0.25) is 0 Å². The average molecular weight is 242 g/mol. The van der Waals surface area contributed by atoms with E-state index in [-0.39, 0.29) is 6.10 Å². The fourth-order valence-electron chi connectivity index (χ4n) is 2.52. The Morgan fingerprint density at radius 2 is 2.00 bits per heavy atom. The van der Waals surface area contributed by atoms with Crippen molar-refractivity contribution >= 4 is 0 Å². The Balaban J connectivity index is 1.56. The fourth-order valence-corrected chi connectivity index (χ4v) is 2.52. The lowest BCUT2D eigenvalue weighted by atomic mass is 9.97. The van der Waals surface area contributed by atoms with E-state index in [0.717, 1.165) is 38.7 Å². The second-order valence-electron chi connectivity index (χ2n) is 5.54. The Labute approximate surface area is 104 Å². The molecule has 1 aliphatic carbocycles. The van der Waals surface area contributed by atoms with Gasteiger partial charge in [0, 0.05) is 32.8 Å². The minimum Gasteiger partial charge on any atom is -0.390 e. The fraction of sp³-hybridized carbons (Fsp3) is 1.00. The monoisotopic (exact) mass is 242 g/mol. The minimum atomic E-state index is -0.213. The molecule has 2 fully saturated rings. The summed E-state index contributed by atoms with van der Waals surface area (Å²) in [6, 6.07) is 0.692. The average Bonchev–Trinajstić information content (AvgIpc) is 3.13. The van der Waals surface area contributed by atoms with Gasteiger partial charge in [0.15, 0.2) is 0 Å². The van der Waals surface area contributed by atoms with Gasteiger partial charge in [-0.2, -0.15) is 0 Å². The maximum atomic E-state index is 9.92. The van der Waals surface area contributed by atoms with Crippen LogP contribution >= 0.6 is 0 Å². The highest BCUT2D eigenvalue weighted by Crippen LogP contribution is 2.19. The number of hydrogen-bond donors (Lipinski definition) is 2. The number of likely N-dealkylation sites (tertiary alicyclic amines) is 1. The molecule has 17 heavy (non-hydrogen) atoms. The third-order valence-corrected chi connectivity index (χ3v) is 3.80. The Morgan fingerprint density at radius 1 is 1.29 bits per heavy atom. The summed E-state index contributed by atoms with van der Waals surface area (Å²) in [4.78, 5) is 2.38. The van der Waals surface area contributed by atoms with Crippen molar-refractivity contribution in [2.24, 2.45) is 5.92 Å². The molecule has 0 bridgehead atoms. The van der Waals surface area contributed by atoms with E-state index < -0.39 is 0 Å². The molecule has 1 atom stereocenters. The van der Waals surface area contributed by atoms with E-state index in [2.05, 4.69) is 10.2 Å². The molecule has 2 aliphatic rings. The van der Waals surface area contributed by atoms with Gasteiger partial charge >= 0.3 is 0 Å². The molecule has 0 aromatic heterocycles. The van der Waals surface area contributed by atoms with Crippen molar-refractivity contribution < 1.29 is 9.84 Å². The zero-order chi connectivity index (χ0) is 12.1. The van der Waals surface area contributed by atoms with E-state index >= 15 is 0 Å². The van der Waals surface area contributed by atoms with Gasteiger partial charge in [-0.05, 0) is 44.7 Å². The molecule has 0 aromatic carbocycles. The van der Waals surface area contributed by atoms with Crippen LogP contribution in [0.3, 0.4) is 0 Å². The van der Waals surface area contributed by atoms with Crippen LogP contribution in [0.1, 0.15) is 25.7 Å². The van der Waals surface area contributed by atoms with E-state index in [9.17, 15) is 5.11 Å². The van der Waals surface area contributed by atoms with Crippen molar-refractivity contribution in [1.29, 1.82) is 0 Å². The van der Waals surface area contributed by atoms with Crippen molar-refractivity contribution in [2.45, 2.75) is 37.8 Å². The quantitative estimate of drug-likeness (QED) is 0.681. The normalized spacial score (nSPS) is 25.1. The molecular formula is C13H26N2O2. The van der Waals surface area contributed by atoms with Crippen LogP contribution in [0.5, 0.6) is 0 Å². The molecule has 1 unspecified atom stereocenters. The Morgan fingerprint density at radius 3 is 2.59 bits per heavy atom. The number of nitrogens with zero attached hydrogens (tertiary/aromatic N) is 1. The highest BCUT2D eigenvalue weighted by Gasteiger charge is 2.23. The van der Waals surface area contributed by atoms with Crippen molar-refractivity contribution in [3.8, 4) is 0 Å². The minimum absolute atomic E-state index is 0.213. The van der Waals surface area contributed by atoms with Crippen LogP contribution in [0.4, 0.5) is 0 Å². The molecule has 0 aromatic rings. The molecule has 2 N–H and O–H groups in total. The third-order valence-electron chi connectivity index (χ3n) is 3.80. The Bertz CT molecular complexity index is 213. The lowest BCUT2D eigenvalue weighted by Gasteiger charge is -2.32. The number of rotatable bonds is 7. The van der Waals surface area contributed by atoms with Gasteiger partial charge in [-0.25, -0.2) is 0 Å². The van der Waals surface area contributed by atoms with Crippen LogP contribution in [0.15, 0.2) is 0 Å². The third kappa shape index (κ3) is 4.92. The summed E-state index contributed by atoms with van der Waals surface area (Å²) in [5.74, 6) is 0.720. The van der Waals surface area contributed by atoms with Crippen molar-refractivity contribution in [1.82, 2.24) is 10.2 Å². The molecular weight excluding hydrogens is 216 g/mol. The second kappa shape index (κ2) is 6.69. The topological polar surface area (TPSA) is 44.7 Å². The summed E-state index contributed by atoms with van der Waals surface area (Å²) >= 11 is 0. The highest BCUT2D eigenvalue weighted by atomic mass is 16.5. The number of β-amino-alcohol motifs (C(OH)–C–C–N with tert-alkyl or cyclic N) is 1. The van der Waals surface area contributed by atoms with E-state index in [1.165, 1.54) is 25.7 Å². The van der Waals surface area contributed by atoms with Crippen LogP contribution in [-0.2, 0) is 4.74 Å². The summed E-state index contributed by atoms with van der Waals surface area (Å²) in [6.45, 7) is 4.67. The number of hydrogen-bond acceptors (Lipinski definition) is 4. The molecule has 1 heterocycles. The molecule has 1 saturated heterocycles. The summed E-state index contributed by atoms with van der Waals surface area (Å²) in [5.41, 5.74) is 0. The molecule has 100 valence electrons. The molecule has 0 spiro atoms. The molecule has 1 saturated carbocycles. The highest BCUT2D eigenvalue weighted by molar-refractivity contribution is 4.82. The number of piperidine rings is 1. The van der Waals surface area contributed by atoms with Crippen LogP contribution in [0, 0.1) is 5.92 Å². The van der Waals surface area contributed by atoms with Gasteiger partial charge < -0.3 is 20.1 Å². The van der Waals surface area contributed by atoms with Crippen LogP contribution in [0.2, 0.25) is 0 Å². The van der Waals surface area contributed by atoms with Gasteiger partial charge in [-0.15, -0.1) is 0 Å². The standard InChI is InChI=1S/C13H26N2O2/c1-17-10-11-4-6-15(7-5-11)9-13(16)8-14-12-2-3-12/h11-14,16H,2-10H2,1H3. The summed E-state index contributed by atoms with van der Waals surface area (Å²) in [5, 5.41) is 13.3. The van der Waals surface area contributed by atoms with Crippen molar-refractivity contribution in [2.75, 3.05) is 39.9 Å². The predicted molar refractivity (Wildman–Crippen MR) is 68.1 cm³/mol.